The molecule has 0 radical (unpaired) electrons. The van der Waals surface area contributed by atoms with Crippen molar-refractivity contribution >= 4 is 29.1 Å². The van der Waals surface area contributed by atoms with Gasteiger partial charge in [-0.25, -0.2) is 5.48 Å². The fourth-order valence-corrected chi connectivity index (χ4v) is 3.16. The number of nitrogens with zero attached hydrogens (tertiary/aromatic N) is 1. The van der Waals surface area contributed by atoms with Crippen LogP contribution >= 0.6 is 0 Å². The minimum Gasteiger partial charge on any atom is -0.445 e. The van der Waals surface area contributed by atoms with Crippen LogP contribution in [0.1, 0.15) is 15.9 Å². The van der Waals surface area contributed by atoms with E-state index in [1.54, 1.807) is 24.3 Å². The molecular formula is C19H15N3O6. The van der Waals surface area contributed by atoms with Crippen LogP contribution in [0, 0.1) is 0 Å². The number of carbonyl (C=O) groups is 3. The summed E-state index contributed by atoms with van der Waals surface area (Å²) < 4.78 is 10.9. The summed E-state index contributed by atoms with van der Waals surface area (Å²) >= 11 is 0. The van der Waals surface area contributed by atoms with Gasteiger partial charge in [-0.1, -0.05) is 12.1 Å². The Morgan fingerprint density at radius 2 is 1.71 bits per heavy atom. The van der Waals surface area contributed by atoms with Gasteiger partial charge < -0.3 is 14.8 Å². The lowest BCUT2D eigenvalue weighted by Crippen LogP contribution is -2.44. The maximum atomic E-state index is 12.9. The third-order valence-corrected chi connectivity index (χ3v) is 4.43. The number of ether oxygens (including phenoxy) is 2. The van der Waals surface area contributed by atoms with Crippen LogP contribution in [-0.2, 0) is 24.8 Å². The van der Waals surface area contributed by atoms with Crippen LogP contribution in [0.15, 0.2) is 61.1 Å². The molecule has 9 nitrogen and oxygen atoms in total. The predicted octanol–water partition coefficient (Wildman–Crippen LogP) is 1.46. The van der Waals surface area contributed by atoms with Crippen molar-refractivity contribution in [2.75, 3.05) is 16.8 Å². The average molecular weight is 381 g/mol. The van der Waals surface area contributed by atoms with E-state index in [1.165, 1.54) is 47.2 Å². The zero-order valence-corrected chi connectivity index (χ0v) is 14.4. The molecule has 0 saturated carbocycles. The van der Waals surface area contributed by atoms with Crippen LogP contribution in [0.2, 0.25) is 0 Å². The number of nitrogens with one attached hydrogen (secondary N) is 2. The van der Waals surface area contributed by atoms with Gasteiger partial charge in [-0.3, -0.25) is 24.5 Å². The first kappa shape index (κ1) is 17.6. The van der Waals surface area contributed by atoms with Gasteiger partial charge in [0.1, 0.15) is 19.1 Å². The molecule has 0 atom stereocenters. The smallest absolute Gasteiger partial charge is 0.361 e. The van der Waals surface area contributed by atoms with Crippen LogP contribution < -0.4 is 15.7 Å². The first-order valence-corrected chi connectivity index (χ1v) is 8.31. The first-order valence-electron chi connectivity index (χ1n) is 8.31. The molecule has 3 N–H and O–H groups in total. The first-order chi connectivity index (χ1) is 13.5. The molecule has 142 valence electrons. The summed E-state index contributed by atoms with van der Waals surface area (Å²) in [4.78, 5) is 38.0. The molecular weight excluding hydrogens is 366 g/mol. The summed E-state index contributed by atoms with van der Waals surface area (Å²) in [6.07, 6.45) is 2.59. The van der Waals surface area contributed by atoms with E-state index in [4.69, 9.17) is 14.7 Å². The zero-order chi connectivity index (χ0) is 19.7. The fourth-order valence-electron chi connectivity index (χ4n) is 3.16. The molecule has 0 saturated heterocycles. The van der Waals surface area contributed by atoms with Gasteiger partial charge in [0.05, 0.1) is 11.3 Å². The predicted molar refractivity (Wildman–Crippen MR) is 96.1 cm³/mol. The molecule has 28 heavy (non-hydrogen) atoms. The van der Waals surface area contributed by atoms with Crippen molar-refractivity contribution in [3.05, 3.63) is 72.2 Å². The number of amides is 3. The van der Waals surface area contributed by atoms with Crippen molar-refractivity contribution in [1.29, 1.82) is 0 Å². The number of para-hydroxylation sites is 1. The largest absolute Gasteiger partial charge is 0.445 e. The number of rotatable bonds is 4. The summed E-state index contributed by atoms with van der Waals surface area (Å²) in [7, 11) is 0. The molecule has 0 bridgehead atoms. The molecule has 0 unspecified atom stereocenters. The van der Waals surface area contributed by atoms with E-state index in [1.807, 2.05) is 0 Å². The van der Waals surface area contributed by atoms with Crippen LogP contribution in [0.5, 0.6) is 0 Å². The topological polar surface area (TPSA) is 117 Å². The molecule has 2 aromatic rings. The molecule has 0 aliphatic carbocycles. The van der Waals surface area contributed by atoms with E-state index in [0.717, 1.165) is 0 Å². The molecule has 2 heterocycles. The highest BCUT2D eigenvalue weighted by molar-refractivity contribution is 6.10. The van der Waals surface area contributed by atoms with E-state index < -0.39 is 23.5 Å². The van der Waals surface area contributed by atoms with Crippen molar-refractivity contribution in [2.24, 2.45) is 0 Å². The maximum absolute atomic E-state index is 12.9. The third kappa shape index (κ3) is 2.74. The molecule has 2 aliphatic heterocycles. The molecule has 4 rings (SSSR count). The highest BCUT2D eigenvalue weighted by Gasteiger charge is 2.57. The highest BCUT2D eigenvalue weighted by atomic mass is 16.7. The second-order valence-corrected chi connectivity index (χ2v) is 6.10. The minimum absolute atomic E-state index is 0.231. The van der Waals surface area contributed by atoms with Gasteiger partial charge in [0.25, 0.3) is 5.91 Å². The van der Waals surface area contributed by atoms with Crippen LogP contribution in [0.3, 0.4) is 0 Å². The Labute approximate surface area is 159 Å². The molecule has 3 amide bonds. The number of anilines is 2. The summed E-state index contributed by atoms with van der Waals surface area (Å²) in [5, 5.41) is 11.3. The number of hydroxylamine groups is 1. The summed E-state index contributed by atoms with van der Waals surface area (Å²) in [5.41, 5.74) is 3.25. The summed E-state index contributed by atoms with van der Waals surface area (Å²) in [6.45, 7) is -0.247. The monoisotopic (exact) mass is 381 g/mol. The maximum Gasteiger partial charge on any atom is 0.361 e. The zero-order valence-electron chi connectivity index (χ0n) is 14.4. The van der Waals surface area contributed by atoms with Gasteiger partial charge in [0.15, 0.2) is 0 Å². The van der Waals surface area contributed by atoms with E-state index >= 15 is 0 Å². The number of benzene rings is 2. The van der Waals surface area contributed by atoms with E-state index in [9.17, 15) is 14.4 Å². The fraction of sp³-hybridized carbons (Fsp3) is 0.105. The normalized spacial score (nSPS) is 15.8. The Bertz CT molecular complexity index is 977. The second-order valence-electron chi connectivity index (χ2n) is 6.10. The Morgan fingerprint density at radius 1 is 1.04 bits per heavy atom. The van der Waals surface area contributed by atoms with Gasteiger partial charge in [0.2, 0.25) is 5.91 Å². The Kier molecular flexibility index (Phi) is 4.21. The molecule has 0 fully saturated rings. The minimum atomic E-state index is -1.59. The quantitative estimate of drug-likeness (QED) is 0.545. The Balaban J connectivity index is 1.50. The van der Waals surface area contributed by atoms with Gasteiger partial charge in [-0.05, 0) is 36.4 Å². The summed E-state index contributed by atoms with van der Waals surface area (Å²) in [6, 6.07) is 12.8. The Hall–Kier alpha value is -3.85. The van der Waals surface area contributed by atoms with Gasteiger partial charge >= 0.3 is 11.7 Å². The average Bonchev–Trinajstić information content (AvgIpc) is 3.29. The second kappa shape index (κ2) is 6.71. The van der Waals surface area contributed by atoms with E-state index in [2.05, 4.69) is 5.32 Å². The van der Waals surface area contributed by atoms with E-state index in [0.29, 0.717) is 16.9 Å². The number of fused-ring (bicyclic) bond motifs is 2. The van der Waals surface area contributed by atoms with Gasteiger partial charge in [-0.2, -0.15) is 0 Å². The lowest BCUT2D eigenvalue weighted by molar-refractivity contribution is -0.173. The Morgan fingerprint density at radius 3 is 2.39 bits per heavy atom. The van der Waals surface area contributed by atoms with Crippen LogP contribution in [0.25, 0.3) is 0 Å². The van der Waals surface area contributed by atoms with Gasteiger partial charge in [0, 0.05) is 11.3 Å². The molecule has 2 aliphatic rings. The van der Waals surface area contributed by atoms with Crippen molar-refractivity contribution in [2.45, 2.75) is 5.79 Å². The molecule has 9 heteroatoms. The van der Waals surface area contributed by atoms with Crippen LogP contribution in [-0.4, -0.2) is 29.5 Å². The van der Waals surface area contributed by atoms with E-state index in [-0.39, 0.29) is 12.1 Å². The number of hydrogen-bond donors (Lipinski definition) is 3. The van der Waals surface area contributed by atoms with Crippen molar-refractivity contribution in [3.8, 4) is 0 Å². The SMILES string of the molecule is O=C(CN1C(=O)C2(OC=CO2)c2ccccc21)Nc1ccc(C(=O)NO)cc1. The highest BCUT2D eigenvalue weighted by Crippen LogP contribution is 2.45. The molecule has 2 aromatic carbocycles. The lowest BCUT2D eigenvalue weighted by Gasteiger charge is -2.22. The van der Waals surface area contributed by atoms with Crippen LogP contribution in [0.4, 0.5) is 11.4 Å². The van der Waals surface area contributed by atoms with Crippen molar-refractivity contribution in [3.63, 3.8) is 0 Å². The number of hydrogen-bond acceptors (Lipinski definition) is 6. The lowest BCUT2D eigenvalue weighted by atomic mass is 10.1. The molecule has 1 spiro atoms. The summed E-state index contributed by atoms with van der Waals surface area (Å²) in [5.74, 6) is -3.18. The molecule has 0 aromatic heterocycles. The standard InChI is InChI=1S/C19H15N3O6/c23-16(20-13-7-5-12(6-8-13)17(24)21-26)11-22-15-4-2-1-3-14(15)19(18(22)25)27-9-10-28-19/h1-10,26H,11H2,(H,20,23)(H,21,24). The van der Waals surface area contributed by atoms with Crippen molar-refractivity contribution < 1.29 is 29.1 Å². The van der Waals surface area contributed by atoms with Crippen molar-refractivity contribution in [1.82, 2.24) is 5.48 Å². The number of carbonyl (C=O) groups excluding carboxylic acids is 3. The third-order valence-electron chi connectivity index (χ3n) is 4.43. The van der Waals surface area contributed by atoms with Gasteiger partial charge in [-0.15, -0.1) is 0 Å².